The van der Waals surface area contributed by atoms with Crippen molar-refractivity contribution in [1.82, 2.24) is 15.2 Å². The highest BCUT2D eigenvalue weighted by molar-refractivity contribution is 7.25. The first-order valence-electron chi connectivity index (χ1n) is 23.0. The number of nitrogens with zero attached hydrogens (tertiary/aromatic N) is 5. The highest BCUT2D eigenvalue weighted by Crippen LogP contribution is 2.47. The molecule has 0 amide bonds. The summed E-state index contributed by atoms with van der Waals surface area (Å²) in [5.41, 5.74) is 8.97. The summed E-state index contributed by atoms with van der Waals surface area (Å²) < 4.78 is 14.0. The minimum Gasteiger partial charge on any atom is -0.456 e. The number of thiophene rings is 1. The highest BCUT2D eigenvalue weighted by atomic mass is 32.1. The number of para-hydroxylation sites is 2. The summed E-state index contributed by atoms with van der Waals surface area (Å²) in [6.07, 6.45) is 0. The molecular weight excluding hydrogens is 867 g/mol. The Morgan fingerprint density at radius 2 is 0.768 bits per heavy atom. The Morgan fingerprint density at radius 3 is 1.35 bits per heavy atom. The van der Waals surface area contributed by atoms with Crippen LogP contribution in [0.25, 0.3) is 107 Å². The maximum Gasteiger partial charge on any atom is 0.255 e. The summed E-state index contributed by atoms with van der Waals surface area (Å²) in [6.45, 7) is 0. The van der Waals surface area contributed by atoms with Gasteiger partial charge in [-0.15, -0.1) is 21.5 Å². The van der Waals surface area contributed by atoms with Crippen LogP contribution in [0, 0.1) is 0 Å². The Balaban J connectivity index is 0.933. The van der Waals surface area contributed by atoms with Crippen molar-refractivity contribution >= 4 is 153 Å². The Kier molecular flexibility index (Phi) is 8.10. The van der Waals surface area contributed by atoms with Gasteiger partial charge in [-0.3, -0.25) is 4.90 Å². The Bertz CT molecular complexity index is 4320. The molecule has 15 rings (SSSR count). The zero-order chi connectivity index (χ0) is 45.2. The van der Waals surface area contributed by atoms with Crippen LogP contribution in [-0.2, 0) is 0 Å². The van der Waals surface area contributed by atoms with Crippen LogP contribution in [0.15, 0.2) is 221 Å². The molecular formula is C61H35N5O2S. The number of furan rings is 2. The van der Waals surface area contributed by atoms with Crippen LogP contribution < -0.4 is 9.80 Å². The van der Waals surface area contributed by atoms with Crippen molar-refractivity contribution in [2.75, 3.05) is 9.80 Å². The van der Waals surface area contributed by atoms with E-state index in [9.17, 15) is 0 Å². The number of hydrogen-bond acceptors (Lipinski definition) is 8. The average Bonchev–Trinajstić information content (AvgIpc) is 4.09. The van der Waals surface area contributed by atoms with Gasteiger partial charge in [-0.1, -0.05) is 133 Å². The standard InChI is InChI=1S/C61H35N5O2S/c1-3-15-41-36(13-1)31-52(45-19-7-5-17-43(41)45)65(38-25-28-49-47-21-9-11-23-54(47)67-56(49)33-38)40-27-30-51-58(35-40)69-60-59(51)63-64-61(62-60)66(39-26-29-50-48-22-10-12-24-55(48)68-57(50)34-39)53-32-37-14-2-4-16-42(37)44-18-6-8-20-46(44)53/h1-35H. The minimum absolute atomic E-state index is 0.466. The predicted molar refractivity (Wildman–Crippen MR) is 287 cm³/mol. The number of aromatic nitrogens is 3. The summed E-state index contributed by atoms with van der Waals surface area (Å²) >= 11 is 1.63. The molecule has 0 unspecified atom stereocenters. The number of benzene rings is 11. The van der Waals surface area contributed by atoms with Crippen molar-refractivity contribution in [3.05, 3.63) is 212 Å². The fourth-order valence-corrected chi connectivity index (χ4v) is 11.6. The van der Waals surface area contributed by atoms with E-state index in [0.29, 0.717) is 5.95 Å². The van der Waals surface area contributed by atoms with Crippen LogP contribution in [0.5, 0.6) is 0 Å². The van der Waals surface area contributed by atoms with Gasteiger partial charge in [0.2, 0.25) is 0 Å². The van der Waals surface area contributed by atoms with Crippen molar-refractivity contribution in [3.63, 3.8) is 0 Å². The molecule has 0 N–H and O–H groups in total. The second-order valence-corrected chi connectivity index (χ2v) is 18.6. The van der Waals surface area contributed by atoms with E-state index in [4.69, 9.17) is 24.0 Å². The fourth-order valence-electron chi connectivity index (χ4n) is 10.6. The number of rotatable bonds is 6. The molecule has 7 nitrogen and oxygen atoms in total. The molecule has 0 saturated carbocycles. The molecule has 0 aliphatic heterocycles. The monoisotopic (exact) mass is 901 g/mol. The Labute approximate surface area is 397 Å². The molecule has 8 heteroatoms. The zero-order valence-corrected chi connectivity index (χ0v) is 37.5. The first-order chi connectivity index (χ1) is 34.2. The van der Waals surface area contributed by atoms with Gasteiger partial charge in [-0.05, 0) is 99.0 Å². The van der Waals surface area contributed by atoms with Crippen LogP contribution in [0.3, 0.4) is 0 Å². The molecule has 0 bridgehead atoms. The second-order valence-electron chi connectivity index (χ2n) is 17.6. The van der Waals surface area contributed by atoms with Crippen LogP contribution in [0.1, 0.15) is 0 Å². The van der Waals surface area contributed by atoms with Crippen molar-refractivity contribution < 1.29 is 8.83 Å². The Morgan fingerprint density at radius 1 is 0.333 bits per heavy atom. The van der Waals surface area contributed by atoms with Crippen LogP contribution in [-0.4, -0.2) is 15.2 Å². The lowest BCUT2D eigenvalue weighted by Crippen LogP contribution is -2.14. The number of anilines is 6. The molecule has 0 aliphatic carbocycles. The van der Waals surface area contributed by atoms with E-state index in [-0.39, 0.29) is 0 Å². The molecule has 0 fully saturated rings. The van der Waals surface area contributed by atoms with Crippen molar-refractivity contribution in [3.8, 4) is 0 Å². The van der Waals surface area contributed by atoms with E-state index in [1.807, 2.05) is 30.3 Å². The lowest BCUT2D eigenvalue weighted by molar-refractivity contribution is 0.668. The van der Waals surface area contributed by atoms with Gasteiger partial charge >= 0.3 is 0 Å². The third kappa shape index (κ3) is 5.82. The highest BCUT2D eigenvalue weighted by Gasteiger charge is 2.25. The third-order valence-corrected chi connectivity index (χ3v) is 14.8. The average molecular weight is 902 g/mol. The van der Waals surface area contributed by atoms with E-state index in [1.165, 1.54) is 21.5 Å². The van der Waals surface area contributed by atoms with E-state index in [1.54, 1.807) is 11.3 Å². The van der Waals surface area contributed by atoms with E-state index in [0.717, 1.165) is 114 Å². The molecule has 69 heavy (non-hydrogen) atoms. The van der Waals surface area contributed by atoms with E-state index in [2.05, 4.69) is 192 Å². The molecule has 0 aliphatic rings. The minimum atomic E-state index is 0.466. The van der Waals surface area contributed by atoms with Crippen LogP contribution >= 0.6 is 11.3 Å². The second kappa shape index (κ2) is 14.7. The summed E-state index contributed by atoms with van der Waals surface area (Å²) in [5, 5.41) is 24.5. The largest absolute Gasteiger partial charge is 0.456 e. The molecule has 0 radical (unpaired) electrons. The van der Waals surface area contributed by atoms with Crippen LogP contribution in [0.2, 0.25) is 0 Å². The van der Waals surface area contributed by atoms with Gasteiger partial charge in [0, 0.05) is 65.9 Å². The number of hydrogen-bond donors (Lipinski definition) is 0. The fraction of sp³-hybridized carbons (Fsp3) is 0. The summed E-state index contributed by atoms with van der Waals surface area (Å²) in [6, 6.07) is 74.9. The maximum atomic E-state index is 6.50. The summed E-state index contributed by atoms with van der Waals surface area (Å²) in [4.78, 5) is 10.7. The topological polar surface area (TPSA) is 71.4 Å². The van der Waals surface area contributed by atoms with Gasteiger partial charge in [0.05, 0.1) is 17.1 Å². The predicted octanol–water partition coefficient (Wildman–Crippen LogP) is 17.6. The lowest BCUT2D eigenvalue weighted by Gasteiger charge is -2.27. The number of fused-ring (bicyclic) bond motifs is 15. The molecule has 4 aromatic heterocycles. The smallest absolute Gasteiger partial charge is 0.255 e. The van der Waals surface area contributed by atoms with Gasteiger partial charge < -0.3 is 13.7 Å². The lowest BCUT2D eigenvalue weighted by atomic mass is 9.99. The Hall–Kier alpha value is -9.11. The first-order valence-corrected chi connectivity index (χ1v) is 23.8. The van der Waals surface area contributed by atoms with E-state index >= 15 is 0 Å². The molecule has 0 atom stereocenters. The molecule has 15 aromatic rings. The molecule has 11 aromatic carbocycles. The van der Waals surface area contributed by atoms with Gasteiger partial charge in [0.25, 0.3) is 5.95 Å². The van der Waals surface area contributed by atoms with Crippen LogP contribution in [0.4, 0.5) is 34.4 Å². The molecule has 322 valence electrons. The van der Waals surface area contributed by atoms with Gasteiger partial charge in [0.1, 0.15) is 32.7 Å². The third-order valence-electron chi connectivity index (χ3n) is 13.7. The normalized spacial score (nSPS) is 12.1. The maximum absolute atomic E-state index is 6.50. The first kappa shape index (κ1) is 38.0. The van der Waals surface area contributed by atoms with Gasteiger partial charge in [-0.2, -0.15) is 4.98 Å². The summed E-state index contributed by atoms with van der Waals surface area (Å²) in [5.74, 6) is 0.466. The van der Waals surface area contributed by atoms with Crippen molar-refractivity contribution in [2.24, 2.45) is 0 Å². The molecule has 4 heterocycles. The van der Waals surface area contributed by atoms with Crippen molar-refractivity contribution in [2.45, 2.75) is 0 Å². The molecule has 0 spiro atoms. The summed E-state index contributed by atoms with van der Waals surface area (Å²) in [7, 11) is 0. The van der Waals surface area contributed by atoms with Gasteiger partial charge in [0.15, 0.2) is 0 Å². The van der Waals surface area contributed by atoms with Gasteiger partial charge in [-0.25, -0.2) is 0 Å². The van der Waals surface area contributed by atoms with E-state index < -0.39 is 0 Å². The molecule has 0 saturated heterocycles. The SMILES string of the molecule is c1ccc2c(c1)cc(N(c1ccc3c(c1)oc1ccccc13)c1ccc3c(c1)sc1nc(N(c4ccc5c(c4)oc4ccccc45)c4cc5ccccc5c5ccccc45)nnc13)c1ccccc12. The zero-order valence-electron chi connectivity index (χ0n) is 36.7. The van der Waals surface area contributed by atoms with Crippen molar-refractivity contribution in [1.29, 1.82) is 0 Å². The quantitative estimate of drug-likeness (QED) is 0.154.